The molecule has 4 rings (SSSR count). The maximum absolute atomic E-state index is 13.4. The third-order valence-corrected chi connectivity index (χ3v) is 8.31. The van der Waals surface area contributed by atoms with Crippen LogP contribution in [0.15, 0.2) is 77.8 Å². The lowest BCUT2D eigenvalue weighted by Crippen LogP contribution is -2.48. The summed E-state index contributed by atoms with van der Waals surface area (Å²) in [7, 11) is -3.66. The van der Waals surface area contributed by atoms with Gasteiger partial charge in [0.15, 0.2) is 6.61 Å². The lowest BCUT2D eigenvalue weighted by Gasteiger charge is -2.28. The van der Waals surface area contributed by atoms with Crippen LogP contribution in [0.5, 0.6) is 5.75 Å². The fraction of sp³-hybridized carbons (Fsp3) is 0.321. The van der Waals surface area contributed by atoms with Gasteiger partial charge in [0, 0.05) is 25.8 Å². The van der Waals surface area contributed by atoms with E-state index in [4.69, 9.17) is 9.47 Å². The number of carbonyl (C=O) groups excluding carboxylic acids is 2. The molecule has 2 amide bonds. The number of nitrogens with one attached hydrogen (secondary N) is 1. The smallest absolute Gasteiger partial charge is 0.261 e. The van der Waals surface area contributed by atoms with Gasteiger partial charge in [-0.25, -0.2) is 12.8 Å². The lowest BCUT2D eigenvalue weighted by atomic mass is 10.1. The summed E-state index contributed by atoms with van der Waals surface area (Å²) in [6.07, 6.45) is 1.62. The van der Waals surface area contributed by atoms with Crippen LogP contribution < -0.4 is 10.1 Å². The molecule has 10 nitrogen and oxygen atoms in total. The number of hydrogen-bond acceptors (Lipinski definition) is 7. The van der Waals surface area contributed by atoms with E-state index < -0.39 is 40.3 Å². The van der Waals surface area contributed by atoms with Crippen molar-refractivity contribution in [2.75, 3.05) is 32.9 Å². The topological polar surface area (TPSA) is 118 Å². The number of amides is 2. The first-order chi connectivity index (χ1) is 19.2. The molecule has 0 bridgehead atoms. The SMILES string of the molecule is CC(C(=O)NCc1ccccn1)N(Cc1ccc(F)cc1)C(=O)COc1ccc(S(=O)(=O)N2CCOCC2)cc1. The van der Waals surface area contributed by atoms with E-state index in [1.54, 1.807) is 37.4 Å². The van der Waals surface area contributed by atoms with E-state index in [9.17, 15) is 22.4 Å². The van der Waals surface area contributed by atoms with Crippen LogP contribution in [0.25, 0.3) is 0 Å². The van der Waals surface area contributed by atoms with E-state index in [2.05, 4.69) is 10.3 Å². The highest BCUT2D eigenvalue weighted by Gasteiger charge is 2.28. The normalized spacial score (nSPS) is 14.8. The Bertz CT molecular complexity index is 1380. The molecule has 0 radical (unpaired) electrons. The third-order valence-electron chi connectivity index (χ3n) is 6.40. The number of carbonyl (C=O) groups is 2. The quantitative estimate of drug-likeness (QED) is 0.376. The average Bonchev–Trinajstić information content (AvgIpc) is 2.99. The number of pyridine rings is 1. The number of aromatic nitrogens is 1. The molecule has 0 spiro atoms. The fourth-order valence-electron chi connectivity index (χ4n) is 4.07. The predicted molar refractivity (Wildman–Crippen MR) is 144 cm³/mol. The molecule has 1 atom stereocenters. The summed E-state index contributed by atoms with van der Waals surface area (Å²) in [5.41, 5.74) is 1.30. The molecule has 1 fully saturated rings. The standard InChI is InChI=1S/C28H31FN4O6S/c1-21(28(35)31-18-24-4-2-3-13-30-24)33(19-22-5-7-23(29)8-6-22)27(34)20-39-25-9-11-26(12-10-25)40(36,37)32-14-16-38-17-15-32/h2-13,21H,14-20H2,1H3,(H,31,35). The van der Waals surface area contributed by atoms with Crippen LogP contribution in [0.4, 0.5) is 4.39 Å². The summed E-state index contributed by atoms with van der Waals surface area (Å²) in [4.78, 5) is 31.8. The van der Waals surface area contributed by atoms with Crippen molar-refractivity contribution in [2.24, 2.45) is 0 Å². The number of halogens is 1. The van der Waals surface area contributed by atoms with E-state index in [0.717, 1.165) is 0 Å². The monoisotopic (exact) mass is 570 g/mol. The van der Waals surface area contributed by atoms with Crippen molar-refractivity contribution in [3.05, 3.63) is 90.0 Å². The van der Waals surface area contributed by atoms with Gasteiger partial charge in [-0.2, -0.15) is 4.31 Å². The van der Waals surface area contributed by atoms with E-state index in [-0.39, 0.29) is 31.1 Å². The Hall–Kier alpha value is -3.87. The van der Waals surface area contributed by atoms with E-state index in [1.807, 2.05) is 6.07 Å². The molecule has 3 aromatic rings. The van der Waals surface area contributed by atoms with E-state index in [0.29, 0.717) is 30.2 Å². The van der Waals surface area contributed by atoms with Crippen LogP contribution in [-0.4, -0.2) is 73.4 Å². The molecular formula is C28H31FN4O6S. The van der Waals surface area contributed by atoms with E-state index in [1.165, 1.54) is 45.6 Å². The number of rotatable bonds is 11. The van der Waals surface area contributed by atoms with Crippen LogP contribution in [-0.2, 0) is 37.4 Å². The van der Waals surface area contributed by atoms with Gasteiger partial charge >= 0.3 is 0 Å². The summed E-state index contributed by atoms with van der Waals surface area (Å²) in [6, 6.07) is 16.0. The Morgan fingerprint density at radius 2 is 1.77 bits per heavy atom. The summed E-state index contributed by atoms with van der Waals surface area (Å²) in [6.45, 7) is 2.71. The van der Waals surface area contributed by atoms with Crippen LogP contribution in [0.1, 0.15) is 18.2 Å². The number of morpholine rings is 1. The Morgan fingerprint density at radius 1 is 1.07 bits per heavy atom. The van der Waals surface area contributed by atoms with Crippen molar-refractivity contribution in [3.63, 3.8) is 0 Å². The first-order valence-corrected chi connectivity index (χ1v) is 14.2. The molecule has 1 unspecified atom stereocenters. The van der Waals surface area contributed by atoms with Gasteiger partial charge in [-0.05, 0) is 61.0 Å². The molecule has 0 saturated carbocycles. The number of benzene rings is 2. The highest BCUT2D eigenvalue weighted by Crippen LogP contribution is 2.21. The van der Waals surface area contributed by atoms with Gasteiger partial charge < -0.3 is 19.7 Å². The van der Waals surface area contributed by atoms with Crippen molar-refractivity contribution in [1.29, 1.82) is 0 Å². The first-order valence-electron chi connectivity index (χ1n) is 12.8. The van der Waals surface area contributed by atoms with Crippen molar-refractivity contribution >= 4 is 21.8 Å². The first kappa shape index (κ1) is 29.1. The highest BCUT2D eigenvalue weighted by molar-refractivity contribution is 7.89. The van der Waals surface area contributed by atoms with Crippen molar-refractivity contribution in [3.8, 4) is 5.75 Å². The third kappa shape index (κ3) is 7.62. The van der Waals surface area contributed by atoms with Gasteiger partial charge in [0.1, 0.15) is 17.6 Å². The van der Waals surface area contributed by atoms with Gasteiger partial charge in [0.05, 0.1) is 30.3 Å². The highest BCUT2D eigenvalue weighted by atomic mass is 32.2. The maximum Gasteiger partial charge on any atom is 0.261 e. The number of sulfonamides is 1. The zero-order valence-corrected chi connectivity index (χ0v) is 22.8. The average molecular weight is 571 g/mol. The van der Waals surface area contributed by atoms with Crippen LogP contribution >= 0.6 is 0 Å². The largest absolute Gasteiger partial charge is 0.484 e. The molecular weight excluding hydrogens is 539 g/mol. The Kier molecular flexibility index (Phi) is 9.80. The Morgan fingerprint density at radius 3 is 2.42 bits per heavy atom. The minimum absolute atomic E-state index is 0.0530. The van der Waals surface area contributed by atoms with Crippen LogP contribution in [0, 0.1) is 5.82 Å². The maximum atomic E-state index is 13.4. The Balaban J connectivity index is 1.41. The summed E-state index contributed by atoms with van der Waals surface area (Å²) >= 11 is 0. The molecule has 1 saturated heterocycles. The van der Waals surface area contributed by atoms with Crippen LogP contribution in [0.2, 0.25) is 0 Å². The molecule has 1 aromatic heterocycles. The molecule has 2 aromatic carbocycles. The van der Waals surface area contributed by atoms with Gasteiger partial charge in [-0.1, -0.05) is 18.2 Å². The second-order valence-corrected chi connectivity index (χ2v) is 11.1. The lowest BCUT2D eigenvalue weighted by molar-refractivity contribution is -0.142. The molecule has 1 N–H and O–H groups in total. The number of ether oxygens (including phenoxy) is 2. The van der Waals surface area contributed by atoms with Crippen molar-refractivity contribution < 1.29 is 31.9 Å². The van der Waals surface area contributed by atoms with Gasteiger partial charge in [-0.3, -0.25) is 14.6 Å². The summed E-state index contributed by atoms with van der Waals surface area (Å²) in [5.74, 6) is -0.984. The molecule has 40 heavy (non-hydrogen) atoms. The summed E-state index contributed by atoms with van der Waals surface area (Å²) < 4.78 is 51.3. The Labute approximate surface area is 232 Å². The zero-order chi connectivity index (χ0) is 28.5. The zero-order valence-electron chi connectivity index (χ0n) is 22.0. The minimum Gasteiger partial charge on any atom is -0.484 e. The molecule has 1 aliphatic rings. The van der Waals surface area contributed by atoms with Crippen molar-refractivity contribution in [1.82, 2.24) is 19.5 Å². The molecule has 212 valence electrons. The summed E-state index contributed by atoms with van der Waals surface area (Å²) in [5, 5.41) is 2.79. The second-order valence-electron chi connectivity index (χ2n) is 9.14. The molecule has 0 aliphatic carbocycles. The molecule has 2 heterocycles. The molecule has 12 heteroatoms. The van der Waals surface area contributed by atoms with Gasteiger partial charge in [0.2, 0.25) is 15.9 Å². The number of hydrogen-bond donors (Lipinski definition) is 1. The number of nitrogens with zero attached hydrogens (tertiary/aromatic N) is 3. The second kappa shape index (κ2) is 13.5. The van der Waals surface area contributed by atoms with Crippen LogP contribution in [0.3, 0.4) is 0 Å². The van der Waals surface area contributed by atoms with E-state index >= 15 is 0 Å². The molecule has 1 aliphatic heterocycles. The van der Waals surface area contributed by atoms with Gasteiger partial charge in [0.25, 0.3) is 5.91 Å². The fourth-order valence-corrected chi connectivity index (χ4v) is 5.48. The van der Waals surface area contributed by atoms with Gasteiger partial charge in [-0.15, -0.1) is 0 Å². The minimum atomic E-state index is -3.66. The predicted octanol–water partition coefficient (Wildman–Crippen LogP) is 2.35. The van der Waals surface area contributed by atoms with Crippen molar-refractivity contribution in [2.45, 2.75) is 31.0 Å².